The van der Waals surface area contributed by atoms with Crippen molar-refractivity contribution in [3.8, 4) is 6.07 Å². The summed E-state index contributed by atoms with van der Waals surface area (Å²) in [5.41, 5.74) is 6.80. The molecule has 204 valence electrons. The van der Waals surface area contributed by atoms with Crippen LogP contribution in [0.15, 0.2) is 54.5 Å². The maximum Gasteiger partial charge on any atom is 0.362 e. The van der Waals surface area contributed by atoms with Crippen molar-refractivity contribution < 1.29 is 13.9 Å². The third-order valence-corrected chi connectivity index (χ3v) is 6.92. The number of alkyl halides is 2. The van der Waals surface area contributed by atoms with E-state index in [1.807, 2.05) is 0 Å². The average Bonchev–Trinajstić information content (AvgIpc) is 3.39. The smallest absolute Gasteiger partial charge is 0.362 e. The van der Waals surface area contributed by atoms with Gasteiger partial charge in [0.1, 0.15) is 20.5 Å². The summed E-state index contributed by atoms with van der Waals surface area (Å²) >= 11 is 13.3. The monoisotopic (exact) mass is 573 g/mol. The molecule has 0 amide bonds. The molecule has 0 aliphatic carbocycles. The Bertz CT molecular complexity index is 1480. The minimum atomic E-state index is -3.56. The summed E-state index contributed by atoms with van der Waals surface area (Å²) in [6.45, 7) is 5.42. The number of hydrazine groups is 2. The standard InChI is InChI=1S/C26H28BCl2F2N7O/c1-24(2,3)13-34-22-15(10-32)11-33-23-17(22)8-16(9-20(23)29)35-26(27,18-6-4-5-7-19(18)28)21-12-38(37-36-21)25(30,31)14-39/h4-9,11-12,35-37,39H,13-14,27H2,1-3H3,(H,33,34). The first-order valence-corrected chi connectivity index (χ1v) is 12.9. The Kier molecular flexibility index (Phi) is 7.87. The van der Waals surface area contributed by atoms with Crippen molar-refractivity contribution in [3.05, 3.63) is 75.7 Å². The van der Waals surface area contributed by atoms with E-state index in [1.54, 1.807) is 44.2 Å². The highest BCUT2D eigenvalue weighted by atomic mass is 35.5. The van der Waals surface area contributed by atoms with Gasteiger partial charge in [-0.2, -0.15) is 14.0 Å². The van der Waals surface area contributed by atoms with E-state index in [9.17, 15) is 14.0 Å². The molecule has 5 N–H and O–H groups in total. The number of benzene rings is 2. The van der Waals surface area contributed by atoms with Crippen LogP contribution in [0.2, 0.25) is 10.0 Å². The van der Waals surface area contributed by atoms with E-state index in [0.717, 1.165) is 0 Å². The highest BCUT2D eigenvalue weighted by Crippen LogP contribution is 2.39. The Morgan fingerprint density at radius 3 is 2.54 bits per heavy atom. The summed E-state index contributed by atoms with van der Waals surface area (Å²) < 4.78 is 28.5. The molecule has 3 aromatic rings. The summed E-state index contributed by atoms with van der Waals surface area (Å²) in [7, 11) is 1.77. The molecule has 0 saturated heterocycles. The molecule has 1 atom stereocenters. The molecule has 39 heavy (non-hydrogen) atoms. The van der Waals surface area contributed by atoms with Gasteiger partial charge >= 0.3 is 6.05 Å². The Labute approximate surface area is 236 Å². The first-order chi connectivity index (χ1) is 18.3. The highest BCUT2D eigenvalue weighted by molar-refractivity contribution is 6.36. The van der Waals surface area contributed by atoms with E-state index < -0.39 is 18.1 Å². The number of hydrogen-bond donors (Lipinski definition) is 5. The van der Waals surface area contributed by atoms with Crippen LogP contribution in [0.5, 0.6) is 0 Å². The van der Waals surface area contributed by atoms with Crippen LogP contribution >= 0.6 is 23.2 Å². The van der Waals surface area contributed by atoms with Gasteiger partial charge in [0, 0.05) is 35.0 Å². The predicted molar refractivity (Wildman–Crippen MR) is 153 cm³/mol. The molecule has 4 rings (SSSR count). The number of nitriles is 1. The number of aliphatic hydroxyl groups is 1. The third kappa shape index (κ3) is 5.84. The zero-order valence-corrected chi connectivity index (χ0v) is 23.3. The molecule has 0 fully saturated rings. The van der Waals surface area contributed by atoms with Crippen molar-refractivity contribution in [2.75, 3.05) is 23.8 Å². The predicted octanol–water partition coefficient (Wildman–Crippen LogP) is 4.52. The van der Waals surface area contributed by atoms with E-state index in [0.29, 0.717) is 60.7 Å². The normalized spacial score (nSPS) is 15.4. The Balaban J connectivity index is 1.86. The molecule has 0 saturated carbocycles. The van der Waals surface area contributed by atoms with Crippen LogP contribution in [0, 0.1) is 16.7 Å². The largest absolute Gasteiger partial charge is 0.388 e. The molecule has 13 heteroatoms. The van der Waals surface area contributed by atoms with Crippen LogP contribution in [0.3, 0.4) is 0 Å². The first-order valence-electron chi connectivity index (χ1n) is 12.1. The van der Waals surface area contributed by atoms with Crippen molar-refractivity contribution in [1.82, 2.24) is 21.0 Å². The van der Waals surface area contributed by atoms with E-state index in [4.69, 9.17) is 28.3 Å². The number of anilines is 2. The minimum absolute atomic E-state index is 0.0687. The summed E-state index contributed by atoms with van der Waals surface area (Å²) in [6.07, 6.45) is 2.65. The molecule has 1 unspecified atom stereocenters. The molecule has 1 aromatic heterocycles. The zero-order valence-electron chi connectivity index (χ0n) is 21.8. The number of aromatic nitrogens is 1. The third-order valence-electron chi connectivity index (χ3n) is 6.30. The van der Waals surface area contributed by atoms with Gasteiger partial charge in [0.15, 0.2) is 0 Å². The van der Waals surface area contributed by atoms with Crippen molar-refractivity contribution in [3.63, 3.8) is 0 Å². The molecule has 1 aliphatic heterocycles. The van der Waals surface area contributed by atoms with E-state index in [-0.39, 0.29) is 5.41 Å². The van der Waals surface area contributed by atoms with Gasteiger partial charge in [0.05, 0.1) is 32.9 Å². The summed E-state index contributed by atoms with van der Waals surface area (Å²) in [5.74, 6) is 0. The number of nitrogens with zero attached hydrogens (tertiary/aromatic N) is 3. The van der Waals surface area contributed by atoms with Gasteiger partial charge in [-0.3, -0.25) is 4.98 Å². The quantitative estimate of drug-likeness (QED) is 0.198. The number of halogens is 4. The zero-order chi connectivity index (χ0) is 28.6. The second-order valence-electron chi connectivity index (χ2n) is 10.6. The van der Waals surface area contributed by atoms with Gasteiger partial charge < -0.3 is 21.2 Å². The van der Waals surface area contributed by atoms with Crippen molar-refractivity contribution in [1.29, 1.82) is 5.26 Å². The Hall–Kier alpha value is -3.30. The van der Waals surface area contributed by atoms with Crippen molar-refractivity contribution >= 4 is 53.3 Å². The second-order valence-corrected chi connectivity index (χ2v) is 11.4. The molecule has 2 aromatic carbocycles. The van der Waals surface area contributed by atoms with E-state index in [2.05, 4.69) is 53.4 Å². The van der Waals surface area contributed by atoms with Gasteiger partial charge in [-0.05, 0) is 29.2 Å². The first kappa shape index (κ1) is 28.7. The van der Waals surface area contributed by atoms with Crippen LogP contribution in [0.4, 0.5) is 20.2 Å². The van der Waals surface area contributed by atoms with Crippen LogP contribution in [0.25, 0.3) is 10.9 Å². The van der Waals surface area contributed by atoms with E-state index in [1.165, 1.54) is 12.4 Å². The number of rotatable bonds is 8. The number of nitrogens with one attached hydrogen (secondary N) is 4. The Morgan fingerprint density at radius 1 is 1.18 bits per heavy atom. The van der Waals surface area contributed by atoms with Crippen LogP contribution in [-0.2, 0) is 5.44 Å². The van der Waals surface area contributed by atoms with Gasteiger partial charge in [-0.1, -0.05) is 62.2 Å². The average molecular weight is 574 g/mol. The van der Waals surface area contributed by atoms with Crippen molar-refractivity contribution in [2.45, 2.75) is 32.3 Å². The number of aliphatic hydroxyl groups excluding tert-OH is 1. The summed E-state index contributed by atoms with van der Waals surface area (Å²) in [5, 5.41) is 27.5. The maximum atomic E-state index is 14.3. The van der Waals surface area contributed by atoms with Crippen LogP contribution in [0.1, 0.15) is 31.9 Å². The van der Waals surface area contributed by atoms with E-state index >= 15 is 0 Å². The maximum absolute atomic E-state index is 14.3. The molecule has 1 aliphatic rings. The summed E-state index contributed by atoms with van der Waals surface area (Å²) in [4.78, 5) is 4.40. The van der Waals surface area contributed by atoms with Crippen LogP contribution < -0.4 is 21.6 Å². The minimum Gasteiger partial charge on any atom is -0.388 e. The lowest BCUT2D eigenvalue weighted by Gasteiger charge is -2.34. The number of pyridine rings is 1. The molecule has 0 bridgehead atoms. The fourth-order valence-electron chi connectivity index (χ4n) is 4.22. The SMILES string of the molecule is BC(Nc1cc(Cl)c2ncc(C#N)c(NCC(C)(C)C)c2c1)(C1=CN(C(F)(F)CO)NN1)c1ccccc1Cl. The van der Waals surface area contributed by atoms with Crippen molar-refractivity contribution in [2.24, 2.45) is 5.41 Å². The van der Waals surface area contributed by atoms with Gasteiger partial charge in [-0.25, -0.2) is 5.01 Å². The highest BCUT2D eigenvalue weighted by Gasteiger charge is 2.42. The number of fused-ring (bicyclic) bond motifs is 1. The Morgan fingerprint density at radius 2 is 1.90 bits per heavy atom. The molecular formula is C26H28BCl2F2N7O. The lowest BCUT2D eigenvalue weighted by atomic mass is 9.69. The number of hydrogen-bond acceptors (Lipinski definition) is 8. The van der Waals surface area contributed by atoms with Gasteiger partial charge in [-0.15, -0.1) is 5.53 Å². The molecule has 8 nitrogen and oxygen atoms in total. The van der Waals surface area contributed by atoms with Gasteiger partial charge in [0.2, 0.25) is 0 Å². The fraction of sp³-hybridized carbons (Fsp3) is 0.308. The summed E-state index contributed by atoms with van der Waals surface area (Å²) in [6, 6.07) is 9.13. The molecule has 2 heterocycles. The topological polar surface area (TPSA) is 108 Å². The second kappa shape index (κ2) is 10.7. The van der Waals surface area contributed by atoms with Crippen LogP contribution in [-0.4, -0.2) is 42.1 Å². The lowest BCUT2D eigenvalue weighted by Crippen LogP contribution is -2.50. The molecule has 0 radical (unpaired) electrons. The lowest BCUT2D eigenvalue weighted by molar-refractivity contribution is -0.171. The fourth-order valence-corrected chi connectivity index (χ4v) is 4.81. The molecule has 0 spiro atoms. The molecular weight excluding hydrogens is 546 g/mol. The van der Waals surface area contributed by atoms with Gasteiger partial charge in [0.25, 0.3) is 0 Å².